The third kappa shape index (κ3) is 2.66. The maximum absolute atomic E-state index is 5.70. The van der Waals surface area contributed by atoms with Crippen molar-refractivity contribution in [2.75, 3.05) is 0 Å². The summed E-state index contributed by atoms with van der Waals surface area (Å²) in [5.41, 5.74) is 0. The van der Waals surface area contributed by atoms with Gasteiger partial charge in [0.05, 0.1) is 12.6 Å². The fourth-order valence-electron chi connectivity index (χ4n) is 1.86. The molecule has 0 radical (unpaired) electrons. The molecule has 3 heteroatoms. The van der Waals surface area contributed by atoms with Gasteiger partial charge >= 0.3 is 0 Å². The van der Waals surface area contributed by atoms with E-state index in [1.165, 1.54) is 32.1 Å². The Kier molecular flexibility index (Phi) is 2.98. The molecule has 2 saturated carbocycles. The van der Waals surface area contributed by atoms with E-state index in [4.69, 9.17) is 9.15 Å². The highest BCUT2D eigenvalue weighted by Gasteiger charge is 2.21. The van der Waals surface area contributed by atoms with Gasteiger partial charge in [0.15, 0.2) is 0 Å². The molecule has 1 aromatic heterocycles. The molecule has 2 fully saturated rings. The highest BCUT2D eigenvalue weighted by Crippen LogP contribution is 2.23. The van der Waals surface area contributed by atoms with Crippen LogP contribution in [0.15, 0.2) is 16.5 Å². The first-order chi connectivity index (χ1) is 7.90. The number of nitrogens with one attached hydrogen (secondary N) is 1. The molecule has 88 valence electrons. The second-order valence-corrected chi connectivity index (χ2v) is 4.89. The van der Waals surface area contributed by atoms with E-state index in [2.05, 4.69) is 11.4 Å². The largest absolute Gasteiger partial charge is 0.462 e. The van der Waals surface area contributed by atoms with Gasteiger partial charge in [-0.15, -0.1) is 0 Å². The Balaban J connectivity index is 1.43. The second-order valence-electron chi connectivity index (χ2n) is 4.89. The van der Waals surface area contributed by atoms with Crippen LogP contribution < -0.4 is 5.32 Å². The standard InChI is InChI=1S/C13H19NO2/c1-2-11(3-1)15-9-13-7-6-12(16-13)8-14-10-4-5-10/h6-7,10-11,14H,1-5,8-9H2. The van der Waals surface area contributed by atoms with Crippen molar-refractivity contribution in [1.29, 1.82) is 0 Å². The van der Waals surface area contributed by atoms with Crippen LogP contribution in [0, 0.1) is 0 Å². The number of hydrogen-bond donors (Lipinski definition) is 1. The zero-order valence-electron chi connectivity index (χ0n) is 9.58. The van der Waals surface area contributed by atoms with Crippen LogP contribution in [0.3, 0.4) is 0 Å². The van der Waals surface area contributed by atoms with Gasteiger partial charge in [0, 0.05) is 6.04 Å². The minimum atomic E-state index is 0.484. The molecule has 16 heavy (non-hydrogen) atoms. The van der Waals surface area contributed by atoms with Crippen molar-refractivity contribution >= 4 is 0 Å². The second kappa shape index (κ2) is 4.60. The molecule has 0 spiro atoms. The first kappa shape index (κ1) is 10.4. The van der Waals surface area contributed by atoms with Gasteiger partial charge in [0.2, 0.25) is 0 Å². The molecular weight excluding hydrogens is 202 g/mol. The van der Waals surface area contributed by atoms with E-state index < -0.39 is 0 Å². The summed E-state index contributed by atoms with van der Waals surface area (Å²) in [7, 11) is 0. The molecule has 2 aliphatic rings. The van der Waals surface area contributed by atoms with E-state index in [1.54, 1.807) is 0 Å². The van der Waals surface area contributed by atoms with Gasteiger partial charge in [-0.2, -0.15) is 0 Å². The molecule has 1 heterocycles. The van der Waals surface area contributed by atoms with E-state index in [9.17, 15) is 0 Å². The molecule has 0 saturated heterocycles. The molecule has 0 amide bonds. The van der Waals surface area contributed by atoms with Crippen molar-refractivity contribution in [2.24, 2.45) is 0 Å². The Bertz CT molecular complexity index is 339. The summed E-state index contributed by atoms with van der Waals surface area (Å²) in [6.45, 7) is 1.49. The van der Waals surface area contributed by atoms with Crippen molar-refractivity contribution in [3.8, 4) is 0 Å². The van der Waals surface area contributed by atoms with Gasteiger partial charge in [-0.1, -0.05) is 0 Å². The normalized spacial score (nSPS) is 21.0. The highest BCUT2D eigenvalue weighted by molar-refractivity contribution is 5.06. The SMILES string of the molecule is c1cc(COC2CCC2)oc1CNC1CC1. The van der Waals surface area contributed by atoms with Gasteiger partial charge in [0.1, 0.15) is 18.1 Å². The third-order valence-electron chi connectivity index (χ3n) is 3.37. The first-order valence-electron chi connectivity index (χ1n) is 6.33. The molecule has 0 aromatic carbocycles. The topological polar surface area (TPSA) is 34.4 Å². The van der Waals surface area contributed by atoms with Gasteiger partial charge in [-0.05, 0) is 44.2 Å². The Hall–Kier alpha value is -0.800. The molecular formula is C13H19NO2. The van der Waals surface area contributed by atoms with E-state index in [0.29, 0.717) is 12.7 Å². The smallest absolute Gasteiger partial charge is 0.129 e. The van der Waals surface area contributed by atoms with Crippen LogP contribution in [0.5, 0.6) is 0 Å². The fourth-order valence-corrected chi connectivity index (χ4v) is 1.86. The lowest BCUT2D eigenvalue weighted by Crippen LogP contribution is -2.21. The van der Waals surface area contributed by atoms with Crippen LogP contribution >= 0.6 is 0 Å². The van der Waals surface area contributed by atoms with Crippen molar-refractivity contribution in [3.05, 3.63) is 23.7 Å². The zero-order chi connectivity index (χ0) is 10.8. The molecule has 0 aliphatic heterocycles. The highest BCUT2D eigenvalue weighted by atomic mass is 16.5. The van der Waals surface area contributed by atoms with Crippen molar-refractivity contribution < 1.29 is 9.15 Å². The average Bonchev–Trinajstić information content (AvgIpc) is 2.94. The molecule has 0 bridgehead atoms. The van der Waals surface area contributed by atoms with Crippen LogP contribution in [0.25, 0.3) is 0 Å². The van der Waals surface area contributed by atoms with E-state index in [0.717, 1.165) is 24.1 Å². The van der Waals surface area contributed by atoms with Crippen LogP contribution in [-0.2, 0) is 17.9 Å². The Morgan fingerprint density at radius 3 is 2.69 bits per heavy atom. The summed E-state index contributed by atoms with van der Waals surface area (Å²) in [6.07, 6.45) is 6.88. The van der Waals surface area contributed by atoms with Gasteiger partial charge in [-0.25, -0.2) is 0 Å². The number of ether oxygens (including phenoxy) is 1. The molecule has 3 nitrogen and oxygen atoms in total. The van der Waals surface area contributed by atoms with Crippen LogP contribution in [0.2, 0.25) is 0 Å². The monoisotopic (exact) mass is 221 g/mol. The van der Waals surface area contributed by atoms with Crippen molar-refractivity contribution in [3.63, 3.8) is 0 Å². The minimum Gasteiger partial charge on any atom is -0.462 e. The summed E-state index contributed by atoms with van der Waals surface area (Å²) in [5, 5.41) is 3.44. The maximum Gasteiger partial charge on any atom is 0.129 e. The molecule has 3 rings (SSSR count). The molecule has 0 atom stereocenters. The van der Waals surface area contributed by atoms with Crippen LogP contribution in [0.1, 0.15) is 43.6 Å². The summed E-state index contributed by atoms with van der Waals surface area (Å²) in [5.74, 6) is 1.98. The lowest BCUT2D eigenvalue weighted by Gasteiger charge is -2.24. The minimum absolute atomic E-state index is 0.484. The third-order valence-corrected chi connectivity index (χ3v) is 3.37. The van der Waals surface area contributed by atoms with Crippen LogP contribution in [-0.4, -0.2) is 12.1 Å². The average molecular weight is 221 g/mol. The Morgan fingerprint density at radius 2 is 2.00 bits per heavy atom. The van der Waals surface area contributed by atoms with Gasteiger partial charge in [-0.3, -0.25) is 0 Å². The lowest BCUT2D eigenvalue weighted by molar-refractivity contribution is -0.0160. The summed E-state index contributed by atoms with van der Waals surface area (Å²) < 4.78 is 11.4. The van der Waals surface area contributed by atoms with Gasteiger partial charge < -0.3 is 14.5 Å². The Labute approximate surface area is 96.2 Å². The number of rotatable bonds is 6. The van der Waals surface area contributed by atoms with Crippen molar-refractivity contribution in [1.82, 2.24) is 5.32 Å². The molecule has 1 N–H and O–H groups in total. The Morgan fingerprint density at radius 1 is 1.19 bits per heavy atom. The quantitative estimate of drug-likeness (QED) is 0.801. The van der Waals surface area contributed by atoms with E-state index in [1.807, 2.05) is 6.07 Å². The molecule has 1 aromatic rings. The number of furan rings is 1. The predicted octanol–water partition coefficient (Wildman–Crippen LogP) is 2.60. The van der Waals surface area contributed by atoms with E-state index in [-0.39, 0.29) is 0 Å². The summed E-state index contributed by atoms with van der Waals surface area (Å²) in [6, 6.07) is 4.82. The fraction of sp³-hybridized carbons (Fsp3) is 0.692. The summed E-state index contributed by atoms with van der Waals surface area (Å²) >= 11 is 0. The molecule has 0 unspecified atom stereocenters. The van der Waals surface area contributed by atoms with Crippen molar-refractivity contribution in [2.45, 2.75) is 57.4 Å². The number of hydrogen-bond acceptors (Lipinski definition) is 3. The molecule has 2 aliphatic carbocycles. The maximum atomic E-state index is 5.70. The van der Waals surface area contributed by atoms with Gasteiger partial charge in [0.25, 0.3) is 0 Å². The predicted molar refractivity (Wildman–Crippen MR) is 61.0 cm³/mol. The van der Waals surface area contributed by atoms with Crippen LogP contribution in [0.4, 0.5) is 0 Å². The zero-order valence-corrected chi connectivity index (χ0v) is 9.58. The summed E-state index contributed by atoms with van der Waals surface area (Å²) in [4.78, 5) is 0. The van der Waals surface area contributed by atoms with E-state index >= 15 is 0 Å². The lowest BCUT2D eigenvalue weighted by atomic mass is 9.96. The first-order valence-corrected chi connectivity index (χ1v) is 6.33.